The minimum absolute atomic E-state index is 0.0306. The largest absolute Gasteiger partial charge is 0.449 e. The lowest BCUT2D eigenvalue weighted by atomic mass is 10.2. The van der Waals surface area contributed by atoms with E-state index in [1.165, 1.54) is 18.2 Å². The van der Waals surface area contributed by atoms with Crippen molar-refractivity contribution in [3.8, 4) is 11.5 Å². The maximum absolute atomic E-state index is 10.9. The molecule has 0 aliphatic heterocycles. The molecule has 0 radical (unpaired) electrons. The average molecular weight is 333 g/mol. The first-order valence-corrected chi connectivity index (χ1v) is 6.76. The fraction of sp³-hybridized carbons (Fsp3) is 0.0769. The van der Waals surface area contributed by atoms with Gasteiger partial charge in [0.2, 0.25) is 5.75 Å². The van der Waals surface area contributed by atoms with Gasteiger partial charge in [0.1, 0.15) is 5.75 Å². The molecule has 0 saturated heterocycles. The molecule has 0 spiro atoms. The van der Waals surface area contributed by atoms with Gasteiger partial charge in [0.05, 0.1) is 9.95 Å². The van der Waals surface area contributed by atoms with Crippen LogP contribution in [0.5, 0.6) is 11.5 Å². The van der Waals surface area contributed by atoms with Gasteiger partial charge in [0.25, 0.3) is 0 Å². The summed E-state index contributed by atoms with van der Waals surface area (Å²) in [6, 6.07) is 9.03. The summed E-state index contributed by atoms with van der Waals surface area (Å²) in [6.07, 6.45) is 0. The van der Waals surface area contributed by atoms with Crippen LogP contribution in [-0.4, -0.2) is 4.92 Å². The van der Waals surface area contributed by atoms with Gasteiger partial charge in [0, 0.05) is 23.0 Å². The third kappa shape index (κ3) is 3.33. The van der Waals surface area contributed by atoms with Crippen LogP contribution in [0.1, 0.15) is 5.56 Å². The molecule has 0 bridgehead atoms. The van der Waals surface area contributed by atoms with Crippen LogP contribution in [0.3, 0.4) is 0 Å². The summed E-state index contributed by atoms with van der Waals surface area (Å²) in [7, 11) is 0. The second-order valence-corrected chi connectivity index (χ2v) is 4.98. The number of ether oxygens (including phenoxy) is 1. The number of hydrogen-bond donors (Lipinski definition) is 0. The second-order valence-electron chi connectivity index (χ2n) is 3.87. The van der Waals surface area contributed by atoms with Gasteiger partial charge in [-0.25, -0.2) is 0 Å². The standard InChI is InChI=1S/C13H8Cl3NO3/c14-7-8-1-4-12(10(16)5-8)20-13-6-9(15)2-3-11(13)17(18)19/h1-6H,7H2. The van der Waals surface area contributed by atoms with E-state index in [0.29, 0.717) is 21.7 Å². The summed E-state index contributed by atoms with van der Waals surface area (Å²) >= 11 is 17.6. The molecule has 2 aromatic carbocycles. The van der Waals surface area contributed by atoms with Gasteiger partial charge in [-0.3, -0.25) is 10.1 Å². The quantitative estimate of drug-likeness (QED) is 0.426. The highest BCUT2D eigenvalue weighted by Gasteiger charge is 2.17. The molecule has 0 aromatic heterocycles. The lowest BCUT2D eigenvalue weighted by Crippen LogP contribution is -1.94. The molecule has 0 atom stereocenters. The SMILES string of the molecule is O=[N+]([O-])c1ccc(Cl)cc1Oc1ccc(CCl)cc1Cl. The van der Waals surface area contributed by atoms with Gasteiger partial charge in [0.15, 0.2) is 0 Å². The summed E-state index contributed by atoms with van der Waals surface area (Å²) in [5.41, 5.74) is 0.636. The van der Waals surface area contributed by atoms with Crippen LogP contribution >= 0.6 is 34.8 Å². The van der Waals surface area contributed by atoms with Crippen LogP contribution < -0.4 is 4.74 Å². The highest BCUT2D eigenvalue weighted by molar-refractivity contribution is 6.32. The van der Waals surface area contributed by atoms with Gasteiger partial charge < -0.3 is 4.74 Å². The van der Waals surface area contributed by atoms with Gasteiger partial charge in [-0.15, -0.1) is 11.6 Å². The zero-order valence-electron chi connectivity index (χ0n) is 9.98. The number of alkyl halides is 1. The van der Waals surface area contributed by atoms with E-state index in [1.807, 2.05) is 0 Å². The molecule has 104 valence electrons. The summed E-state index contributed by atoms with van der Waals surface area (Å²) in [4.78, 5) is 10.4. The zero-order chi connectivity index (χ0) is 14.7. The first-order valence-electron chi connectivity index (χ1n) is 5.47. The van der Waals surface area contributed by atoms with E-state index in [4.69, 9.17) is 39.5 Å². The van der Waals surface area contributed by atoms with Crippen molar-refractivity contribution in [3.05, 3.63) is 62.1 Å². The van der Waals surface area contributed by atoms with Crippen molar-refractivity contribution < 1.29 is 9.66 Å². The predicted octanol–water partition coefficient (Wildman–Crippen LogP) is 5.43. The van der Waals surface area contributed by atoms with E-state index in [2.05, 4.69) is 0 Å². The number of benzene rings is 2. The summed E-state index contributed by atoms with van der Waals surface area (Å²) in [6.45, 7) is 0. The number of hydrogen-bond acceptors (Lipinski definition) is 3. The molecule has 0 amide bonds. The molecule has 0 aliphatic carbocycles. The maximum Gasteiger partial charge on any atom is 0.311 e. The second kappa shape index (κ2) is 6.31. The van der Waals surface area contributed by atoms with Crippen molar-refractivity contribution in [2.24, 2.45) is 0 Å². The van der Waals surface area contributed by atoms with Crippen LogP contribution in [-0.2, 0) is 5.88 Å². The van der Waals surface area contributed by atoms with Gasteiger partial charge in [-0.2, -0.15) is 0 Å². The molecule has 0 unspecified atom stereocenters. The monoisotopic (exact) mass is 331 g/mol. The van der Waals surface area contributed by atoms with Crippen LogP contribution in [0.25, 0.3) is 0 Å². The minimum Gasteiger partial charge on any atom is -0.449 e. The Morgan fingerprint density at radius 2 is 1.85 bits per heavy atom. The molecule has 7 heteroatoms. The summed E-state index contributed by atoms with van der Waals surface area (Å²) in [5, 5.41) is 11.6. The Balaban J connectivity index is 2.39. The Kier molecular flexibility index (Phi) is 4.70. The smallest absolute Gasteiger partial charge is 0.311 e. The van der Waals surface area contributed by atoms with E-state index < -0.39 is 4.92 Å². The highest BCUT2D eigenvalue weighted by atomic mass is 35.5. The molecular formula is C13H8Cl3NO3. The predicted molar refractivity (Wildman–Crippen MR) is 79.2 cm³/mol. The first kappa shape index (κ1) is 14.9. The molecule has 2 rings (SSSR count). The van der Waals surface area contributed by atoms with E-state index in [0.717, 1.165) is 5.56 Å². The van der Waals surface area contributed by atoms with Gasteiger partial charge in [-0.1, -0.05) is 29.3 Å². The lowest BCUT2D eigenvalue weighted by molar-refractivity contribution is -0.385. The molecule has 0 N–H and O–H groups in total. The number of nitro benzene ring substituents is 1. The van der Waals surface area contributed by atoms with E-state index in [1.54, 1.807) is 18.2 Å². The maximum atomic E-state index is 10.9. The van der Waals surface area contributed by atoms with Crippen LogP contribution in [0.15, 0.2) is 36.4 Å². The number of nitrogens with zero attached hydrogens (tertiary/aromatic N) is 1. The van der Waals surface area contributed by atoms with Gasteiger partial charge in [-0.05, 0) is 23.8 Å². The topological polar surface area (TPSA) is 52.4 Å². The Bertz CT molecular complexity index is 661. The van der Waals surface area contributed by atoms with Crippen LogP contribution in [0.2, 0.25) is 10.0 Å². The molecular weight excluding hydrogens is 325 g/mol. The Morgan fingerprint density at radius 1 is 1.10 bits per heavy atom. The highest BCUT2D eigenvalue weighted by Crippen LogP contribution is 2.36. The Morgan fingerprint density at radius 3 is 2.45 bits per heavy atom. The third-order valence-electron chi connectivity index (χ3n) is 2.49. The number of halogens is 3. The molecule has 0 heterocycles. The van der Waals surface area contributed by atoms with Crippen molar-refractivity contribution in [2.75, 3.05) is 0 Å². The van der Waals surface area contributed by atoms with E-state index >= 15 is 0 Å². The average Bonchev–Trinajstić information content (AvgIpc) is 2.40. The summed E-state index contributed by atoms with van der Waals surface area (Å²) < 4.78 is 5.48. The fourth-order valence-corrected chi connectivity index (χ4v) is 2.12. The van der Waals surface area contributed by atoms with Crippen LogP contribution in [0, 0.1) is 10.1 Å². The molecule has 2 aromatic rings. The van der Waals surface area contributed by atoms with Crippen molar-refractivity contribution in [3.63, 3.8) is 0 Å². The first-order chi connectivity index (χ1) is 9.51. The molecule has 0 fully saturated rings. The molecule has 0 aliphatic rings. The van der Waals surface area contributed by atoms with E-state index in [9.17, 15) is 10.1 Å². The summed E-state index contributed by atoms with van der Waals surface area (Å²) in [5.74, 6) is 0.644. The lowest BCUT2D eigenvalue weighted by Gasteiger charge is -2.09. The zero-order valence-corrected chi connectivity index (χ0v) is 12.2. The fourth-order valence-electron chi connectivity index (χ4n) is 1.55. The van der Waals surface area contributed by atoms with Crippen molar-refractivity contribution in [1.29, 1.82) is 0 Å². The Hall–Kier alpha value is -1.49. The minimum atomic E-state index is -0.549. The van der Waals surface area contributed by atoms with Crippen LogP contribution in [0.4, 0.5) is 5.69 Å². The third-order valence-corrected chi connectivity index (χ3v) is 3.33. The van der Waals surface area contributed by atoms with Crippen molar-refractivity contribution in [2.45, 2.75) is 5.88 Å². The normalized spacial score (nSPS) is 10.3. The van der Waals surface area contributed by atoms with E-state index in [-0.39, 0.29) is 11.4 Å². The molecule has 0 saturated carbocycles. The number of rotatable bonds is 4. The number of nitro groups is 1. The Labute approximate surface area is 130 Å². The molecule has 4 nitrogen and oxygen atoms in total. The van der Waals surface area contributed by atoms with Crippen molar-refractivity contribution in [1.82, 2.24) is 0 Å². The van der Waals surface area contributed by atoms with Gasteiger partial charge >= 0.3 is 5.69 Å². The molecule has 20 heavy (non-hydrogen) atoms. The van der Waals surface area contributed by atoms with Crippen molar-refractivity contribution >= 4 is 40.5 Å².